The molecular formula is C20H21N5O3. The van der Waals surface area contributed by atoms with Gasteiger partial charge >= 0.3 is 5.69 Å². The van der Waals surface area contributed by atoms with Crippen molar-refractivity contribution in [2.75, 3.05) is 13.1 Å². The number of benzene rings is 1. The zero-order chi connectivity index (χ0) is 19.7. The Kier molecular flexibility index (Phi) is 4.68. The number of carbonyl (C=O) groups excluding carboxylic acids is 1. The largest absolute Gasteiger partial charge is 0.347 e. The minimum atomic E-state index is -0.276. The molecule has 2 aromatic heterocycles. The lowest BCUT2D eigenvalue weighted by Gasteiger charge is -2.31. The summed E-state index contributed by atoms with van der Waals surface area (Å²) in [4.78, 5) is 41.0. The minimum absolute atomic E-state index is 0.0733. The Morgan fingerprint density at radius 3 is 2.50 bits per heavy atom. The van der Waals surface area contributed by atoms with Crippen molar-refractivity contribution in [3.05, 3.63) is 80.4 Å². The number of hydrogen-bond acceptors (Lipinski definition) is 4. The van der Waals surface area contributed by atoms with E-state index in [1.54, 1.807) is 22.5 Å². The van der Waals surface area contributed by atoms with E-state index >= 15 is 0 Å². The fourth-order valence-electron chi connectivity index (χ4n) is 3.74. The maximum absolute atomic E-state index is 12.7. The number of nitrogens with one attached hydrogen (secondary N) is 2. The summed E-state index contributed by atoms with van der Waals surface area (Å²) in [7, 11) is 0. The van der Waals surface area contributed by atoms with Crippen LogP contribution in [0.2, 0.25) is 0 Å². The van der Waals surface area contributed by atoms with E-state index < -0.39 is 0 Å². The van der Waals surface area contributed by atoms with Gasteiger partial charge in [0.15, 0.2) is 0 Å². The summed E-state index contributed by atoms with van der Waals surface area (Å²) in [5.74, 6) is 0.620. The molecule has 1 saturated heterocycles. The van der Waals surface area contributed by atoms with Crippen molar-refractivity contribution in [2.24, 2.45) is 0 Å². The molecule has 4 rings (SSSR count). The maximum atomic E-state index is 12.7. The van der Waals surface area contributed by atoms with E-state index in [4.69, 9.17) is 0 Å². The first-order chi connectivity index (χ1) is 13.5. The summed E-state index contributed by atoms with van der Waals surface area (Å²) in [5, 5.41) is 6.79. The molecule has 0 radical (unpaired) electrons. The molecular weight excluding hydrogens is 358 g/mol. The van der Waals surface area contributed by atoms with Gasteiger partial charge in [-0.3, -0.25) is 9.59 Å². The Morgan fingerprint density at radius 1 is 1.11 bits per heavy atom. The van der Waals surface area contributed by atoms with Crippen LogP contribution in [0.1, 0.15) is 40.6 Å². The molecule has 0 aliphatic carbocycles. The zero-order valence-electron chi connectivity index (χ0n) is 15.5. The third kappa shape index (κ3) is 3.40. The number of amides is 1. The van der Waals surface area contributed by atoms with Crippen molar-refractivity contribution in [3.8, 4) is 5.69 Å². The quantitative estimate of drug-likeness (QED) is 0.721. The lowest BCUT2D eigenvalue weighted by Crippen LogP contribution is -2.39. The smallest absolute Gasteiger partial charge is 0.339 e. The number of aryl methyl sites for hydroxylation is 1. The fourth-order valence-corrected chi connectivity index (χ4v) is 3.74. The Hall–Kier alpha value is -3.42. The van der Waals surface area contributed by atoms with Gasteiger partial charge in [0.05, 0.1) is 5.69 Å². The van der Waals surface area contributed by atoms with Crippen LogP contribution in [0.15, 0.2) is 52.1 Å². The lowest BCUT2D eigenvalue weighted by atomic mass is 9.95. The second kappa shape index (κ2) is 7.30. The van der Waals surface area contributed by atoms with Gasteiger partial charge in [-0.25, -0.2) is 14.5 Å². The van der Waals surface area contributed by atoms with Gasteiger partial charge in [-0.1, -0.05) is 18.2 Å². The number of carbonyl (C=O) groups is 1. The molecule has 3 aromatic rings. The number of likely N-dealkylation sites (tertiary alicyclic amines) is 1. The van der Waals surface area contributed by atoms with Crippen molar-refractivity contribution >= 4 is 5.91 Å². The molecule has 0 bridgehead atoms. The summed E-state index contributed by atoms with van der Waals surface area (Å²) in [6.45, 7) is 2.85. The number of nitrogens with zero attached hydrogens (tertiary/aromatic N) is 3. The summed E-state index contributed by atoms with van der Waals surface area (Å²) in [6.07, 6.45) is 1.40. The predicted octanol–water partition coefficient (Wildman–Crippen LogP) is 1.58. The molecule has 0 atom stereocenters. The number of rotatable bonds is 3. The van der Waals surface area contributed by atoms with E-state index in [2.05, 4.69) is 15.2 Å². The van der Waals surface area contributed by atoms with Crippen molar-refractivity contribution < 1.29 is 4.79 Å². The predicted molar refractivity (Wildman–Crippen MR) is 104 cm³/mol. The van der Waals surface area contributed by atoms with Crippen LogP contribution in [0.4, 0.5) is 0 Å². The van der Waals surface area contributed by atoms with E-state index in [9.17, 15) is 14.4 Å². The number of piperidine rings is 1. The molecule has 2 N–H and O–H groups in total. The van der Waals surface area contributed by atoms with Crippen LogP contribution in [0.5, 0.6) is 0 Å². The van der Waals surface area contributed by atoms with Crippen molar-refractivity contribution in [3.63, 3.8) is 0 Å². The number of pyridine rings is 1. The number of aromatic amines is 2. The monoisotopic (exact) mass is 379 g/mol. The summed E-state index contributed by atoms with van der Waals surface area (Å²) in [5.41, 5.74) is 1.30. The highest BCUT2D eigenvalue weighted by molar-refractivity contribution is 5.94. The van der Waals surface area contributed by atoms with Crippen LogP contribution in [0.25, 0.3) is 5.69 Å². The van der Waals surface area contributed by atoms with E-state index in [0.717, 1.165) is 5.69 Å². The summed E-state index contributed by atoms with van der Waals surface area (Å²) in [6, 6.07) is 12.4. The molecule has 0 spiro atoms. The van der Waals surface area contributed by atoms with Gasteiger partial charge in [-0.05, 0) is 38.0 Å². The average Bonchev–Trinajstić information content (AvgIpc) is 3.09. The molecule has 8 heteroatoms. The molecule has 3 heterocycles. The molecule has 1 aliphatic heterocycles. The van der Waals surface area contributed by atoms with E-state index in [1.165, 1.54) is 6.07 Å². The maximum Gasteiger partial charge on any atom is 0.347 e. The molecule has 1 fully saturated rings. The van der Waals surface area contributed by atoms with Crippen molar-refractivity contribution in [2.45, 2.75) is 25.7 Å². The SMILES string of the molecule is Cc1cc(C(=O)N2CCC(c3n[nH]c(=O)n3-c3ccccc3)CC2)cc(=O)[nH]1. The minimum Gasteiger partial charge on any atom is -0.339 e. The standard InChI is InChI=1S/C20H21N5O3/c1-13-11-15(12-17(26)21-13)19(27)24-9-7-14(8-10-24)18-22-23-20(28)25(18)16-5-3-2-4-6-16/h2-6,11-12,14H,7-10H2,1H3,(H,21,26)(H,23,28). The summed E-state index contributed by atoms with van der Waals surface area (Å²) >= 11 is 0. The topological polar surface area (TPSA) is 104 Å². The number of hydrogen-bond donors (Lipinski definition) is 2. The first-order valence-corrected chi connectivity index (χ1v) is 9.26. The van der Waals surface area contributed by atoms with Gasteiger partial charge in [0.1, 0.15) is 5.82 Å². The van der Waals surface area contributed by atoms with Crippen LogP contribution in [0, 0.1) is 6.92 Å². The highest BCUT2D eigenvalue weighted by Crippen LogP contribution is 2.28. The van der Waals surface area contributed by atoms with Gasteiger partial charge in [-0.2, -0.15) is 5.10 Å². The molecule has 1 aliphatic rings. The molecule has 1 aromatic carbocycles. The average molecular weight is 379 g/mol. The first-order valence-electron chi connectivity index (χ1n) is 9.26. The lowest BCUT2D eigenvalue weighted by molar-refractivity contribution is 0.0710. The van der Waals surface area contributed by atoms with Gasteiger partial charge in [0.25, 0.3) is 5.91 Å². The van der Waals surface area contributed by atoms with E-state index in [-0.39, 0.29) is 23.1 Å². The van der Waals surface area contributed by atoms with E-state index in [0.29, 0.717) is 43.0 Å². The molecule has 1 amide bonds. The Bertz CT molecular complexity index is 1100. The normalized spacial score (nSPS) is 15.0. The van der Waals surface area contributed by atoms with Gasteiger partial charge < -0.3 is 9.88 Å². The Morgan fingerprint density at radius 2 is 1.82 bits per heavy atom. The third-order valence-electron chi connectivity index (χ3n) is 5.09. The Labute approximate surface area is 160 Å². The van der Waals surface area contributed by atoms with Crippen LogP contribution < -0.4 is 11.2 Å². The highest BCUT2D eigenvalue weighted by Gasteiger charge is 2.28. The summed E-state index contributed by atoms with van der Waals surface area (Å²) < 4.78 is 1.60. The second-order valence-corrected chi connectivity index (χ2v) is 7.04. The van der Waals surface area contributed by atoms with Crippen molar-refractivity contribution in [1.29, 1.82) is 0 Å². The molecule has 0 saturated carbocycles. The second-order valence-electron chi connectivity index (χ2n) is 7.04. The van der Waals surface area contributed by atoms with Gasteiger partial charge in [0.2, 0.25) is 5.56 Å². The number of H-pyrrole nitrogens is 2. The molecule has 8 nitrogen and oxygen atoms in total. The van der Waals surface area contributed by atoms with Gasteiger partial charge in [0, 0.05) is 36.3 Å². The molecule has 144 valence electrons. The van der Waals surface area contributed by atoms with Crippen LogP contribution in [-0.4, -0.2) is 43.6 Å². The molecule has 28 heavy (non-hydrogen) atoms. The third-order valence-corrected chi connectivity index (χ3v) is 5.09. The Balaban J connectivity index is 1.52. The highest BCUT2D eigenvalue weighted by atomic mass is 16.2. The first kappa shape index (κ1) is 18.0. The van der Waals surface area contributed by atoms with Crippen LogP contribution >= 0.6 is 0 Å². The number of para-hydroxylation sites is 1. The van der Waals surface area contributed by atoms with Gasteiger partial charge in [-0.15, -0.1) is 0 Å². The van der Waals surface area contributed by atoms with Crippen molar-refractivity contribution in [1.82, 2.24) is 24.6 Å². The number of aromatic nitrogens is 4. The van der Waals surface area contributed by atoms with Crippen LogP contribution in [0.3, 0.4) is 0 Å². The zero-order valence-corrected chi connectivity index (χ0v) is 15.5. The molecule has 0 unspecified atom stereocenters. The van der Waals surface area contributed by atoms with E-state index in [1.807, 2.05) is 30.3 Å². The fraction of sp³-hybridized carbons (Fsp3) is 0.300. The van der Waals surface area contributed by atoms with Crippen LogP contribution in [-0.2, 0) is 0 Å².